The molecule has 1 aromatic heterocycles. The van der Waals surface area contributed by atoms with Gasteiger partial charge in [0, 0.05) is 24.8 Å². The van der Waals surface area contributed by atoms with E-state index in [-0.39, 0.29) is 0 Å². The predicted octanol–water partition coefficient (Wildman–Crippen LogP) is 3.04. The minimum Gasteiger partial charge on any atom is -0.353 e. The Morgan fingerprint density at radius 2 is 2.00 bits per heavy atom. The average molecular weight is 259 g/mol. The molecule has 3 rings (SSSR count). The van der Waals surface area contributed by atoms with Crippen LogP contribution < -0.4 is 10.6 Å². The van der Waals surface area contributed by atoms with Crippen molar-refractivity contribution in [2.75, 3.05) is 11.4 Å². The van der Waals surface area contributed by atoms with E-state index in [4.69, 9.17) is 10.7 Å². The molecule has 3 nitrogen and oxygen atoms in total. The Kier molecular flexibility index (Phi) is 3.48. The molecule has 0 unspecified atom stereocenters. The van der Waals surface area contributed by atoms with Gasteiger partial charge in [-0.1, -0.05) is 13.8 Å². The van der Waals surface area contributed by atoms with Gasteiger partial charge in [-0.3, -0.25) is 0 Å². The quantitative estimate of drug-likeness (QED) is 0.854. The third-order valence-electron chi connectivity index (χ3n) is 4.15. The first-order valence-electron chi connectivity index (χ1n) is 7.65. The van der Waals surface area contributed by atoms with Crippen LogP contribution in [0.1, 0.15) is 56.7 Å². The summed E-state index contributed by atoms with van der Waals surface area (Å²) in [7, 11) is 0. The third kappa shape index (κ3) is 3.08. The first-order valence-corrected chi connectivity index (χ1v) is 7.65. The predicted molar refractivity (Wildman–Crippen MR) is 79.3 cm³/mol. The molecule has 0 spiro atoms. The molecule has 0 amide bonds. The molecule has 0 radical (unpaired) electrons. The van der Waals surface area contributed by atoms with E-state index in [1.165, 1.54) is 49.3 Å². The summed E-state index contributed by atoms with van der Waals surface area (Å²) in [4.78, 5) is 7.44. The molecule has 104 valence electrons. The zero-order valence-electron chi connectivity index (χ0n) is 12.1. The zero-order valence-corrected chi connectivity index (χ0v) is 12.1. The van der Waals surface area contributed by atoms with Crippen LogP contribution >= 0.6 is 0 Å². The second-order valence-electron chi connectivity index (χ2n) is 6.44. The molecule has 1 heterocycles. The zero-order chi connectivity index (χ0) is 13.4. The molecular weight excluding hydrogens is 234 g/mol. The molecule has 2 fully saturated rings. The van der Waals surface area contributed by atoms with Crippen LogP contribution in [0, 0.1) is 5.92 Å². The largest absolute Gasteiger partial charge is 0.353 e. The number of nitrogens with zero attached hydrogens (tertiary/aromatic N) is 2. The van der Waals surface area contributed by atoms with Gasteiger partial charge in [0.15, 0.2) is 0 Å². The maximum Gasteiger partial charge on any atom is 0.129 e. The summed E-state index contributed by atoms with van der Waals surface area (Å²) in [6.07, 6.45) is 5.46. The lowest BCUT2D eigenvalue weighted by molar-refractivity contribution is 0.700. The molecule has 0 saturated heterocycles. The molecule has 0 bridgehead atoms. The summed E-state index contributed by atoms with van der Waals surface area (Å²) in [6, 6.07) is 5.10. The van der Waals surface area contributed by atoms with E-state index in [1.54, 1.807) is 0 Å². The van der Waals surface area contributed by atoms with Crippen LogP contribution in [0.3, 0.4) is 0 Å². The molecule has 2 aliphatic rings. The van der Waals surface area contributed by atoms with Crippen LogP contribution in [0.5, 0.6) is 0 Å². The Hall–Kier alpha value is -1.09. The van der Waals surface area contributed by atoms with Gasteiger partial charge in [-0.15, -0.1) is 0 Å². The van der Waals surface area contributed by atoms with Gasteiger partial charge in [-0.05, 0) is 55.2 Å². The van der Waals surface area contributed by atoms with Crippen LogP contribution in [-0.2, 0) is 6.54 Å². The van der Waals surface area contributed by atoms with Crippen molar-refractivity contribution in [3.63, 3.8) is 0 Å². The lowest BCUT2D eigenvalue weighted by atomic mass is 10.1. The van der Waals surface area contributed by atoms with Gasteiger partial charge in [-0.2, -0.15) is 0 Å². The number of nitrogens with two attached hydrogens (primary N) is 1. The summed E-state index contributed by atoms with van der Waals surface area (Å²) in [5.74, 6) is 2.54. The summed E-state index contributed by atoms with van der Waals surface area (Å²) >= 11 is 0. The Morgan fingerprint density at radius 3 is 2.53 bits per heavy atom. The summed E-state index contributed by atoms with van der Waals surface area (Å²) in [6.45, 7) is 6.21. The molecule has 2 aliphatic carbocycles. The highest BCUT2D eigenvalue weighted by Crippen LogP contribution is 2.37. The van der Waals surface area contributed by atoms with E-state index in [2.05, 4.69) is 30.9 Å². The lowest BCUT2D eigenvalue weighted by Crippen LogP contribution is -2.29. The molecule has 1 aromatic rings. The Labute approximate surface area is 116 Å². The fourth-order valence-electron chi connectivity index (χ4n) is 2.55. The van der Waals surface area contributed by atoms with Crippen molar-refractivity contribution >= 4 is 5.82 Å². The van der Waals surface area contributed by atoms with Gasteiger partial charge in [0.1, 0.15) is 5.82 Å². The minimum atomic E-state index is 0.465. The van der Waals surface area contributed by atoms with Crippen molar-refractivity contribution in [1.82, 2.24) is 4.98 Å². The molecule has 0 aromatic carbocycles. The van der Waals surface area contributed by atoms with Crippen molar-refractivity contribution in [3.05, 3.63) is 23.4 Å². The summed E-state index contributed by atoms with van der Waals surface area (Å²) in [5.41, 5.74) is 8.24. The fraction of sp³-hybridized carbons (Fsp3) is 0.688. The van der Waals surface area contributed by atoms with Crippen LogP contribution in [0.4, 0.5) is 5.82 Å². The summed E-state index contributed by atoms with van der Waals surface area (Å²) < 4.78 is 0. The Balaban J connectivity index is 1.89. The van der Waals surface area contributed by atoms with Crippen LogP contribution in [0.2, 0.25) is 0 Å². The molecule has 2 N–H and O–H groups in total. The first kappa shape index (κ1) is 12.9. The molecule has 2 saturated carbocycles. The van der Waals surface area contributed by atoms with Gasteiger partial charge >= 0.3 is 0 Å². The van der Waals surface area contributed by atoms with Crippen molar-refractivity contribution in [1.29, 1.82) is 0 Å². The standard InChI is InChI=1S/C16H25N3/c1-11(2)15-7-13(9-17)8-16(18-15)19(14-5-6-14)10-12-3-4-12/h7-8,11-12,14H,3-6,9-10,17H2,1-2H3. The molecule has 0 aliphatic heterocycles. The third-order valence-corrected chi connectivity index (χ3v) is 4.15. The van der Waals surface area contributed by atoms with Gasteiger partial charge in [-0.25, -0.2) is 4.98 Å². The van der Waals surface area contributed by atoms with E-state index < -0.39 is 0 Å². The van der Waals surface area contributed by atoms with Crippen molar-refractivity contribution in [3.8, 4) is 0 Å². The van der Waals surface area contributed by atoms with E-state index in [0.29, 0.717) is 12.5 Å². The highest BCUT2D eigenvalue weighted by molar-refractivity contribution is 5.46. The first-order chi connectivity index (χ1) is 9.17. The average Bonchev–Trinajstić information content (AvgIpc) is 3.27. The van der Waals surface area contributed by atoms with Gasteiger partial charge in [0.2, 0.25) is 0 Å². The summed E-state index contributed by atoms with van der Waals surface area (Å²) in [5, 5.41) is 0. The number of rotatable bonds is 6. The number of pyridine rings is 1. The van der Waals surface area contributed by atoms with Crippen molar-refractivity contribution < 1.29 is 0 Å². The lowest BCUT2D eigenvalue weighted by Gasteiger charge is -2.25. The van der Waals surface area contributed by atoms with Gasteiger partial charge in [0.05, 0.1) is 0 Å². The van der Waals surface area contributed by atoms with Crippen molar-refractivity contribution in [2.24, 2.45) is 11.7 Å². The van der Waals surface area contributed by atoms with Crippen LogP contribution in [-0.4, -0.2) is 17.6 Å². The van der Waals surface area contributed by atoms with Gasteiger partial charge in [0.25, 0.3) is 0 Å². The van der Waals surface area contributed by atoms with E-state index in [9.17, 15) is 0 Å². The highest BCUT2D eigenvalue weighted by atomic mass is 15.2. The van der Waals surface area contributed by atoms with E-state index in [0.717, 1.165) is 12.0 Å². The number of anilines is 1. The highest BCUT2D eigenvalue weighted by Gasteiger charge is 2.34. The Morgan fingerprint density at radius 1 is 1.26 bits per heavy atom. The normalized spacial score (nSPS) is 18.9. The Bertz CT molecular complexity index is 447. The second kappa shape index (κ2) is 5.12. The van der Waals surface area contributed by atoms with Crippen LogP contribution in [0.25, 0.3) is 0 Å². The van der Waals surface area contributed by atoms with Crippen LogP contribution in [0.15, 0.2) is 12.1 Å². The monoisotopic (exact) mass is 259 g/mol. The van der Waals surface area contributed by atoms with Gasteiger partial charge < -0.3 is 10.6 Å². The smallest absolute Gasteiger partial charge is 0.129 e. The number of aromatic nitrogens is 1. The topological polar surface area (TPSA) is 42.1 Å². The molecular formula is C16H25N3. The molecule has 0 atom stereocenters. The number of hydrogen-bond donors (Lipinski definition) is 1. The molecule has 19 heavy (non-hydrogen) atoms. The maximum atomic E-state index is 5.85. The van der Waals surface area contributed by atoms with Crippen molar-refractivity contribution in [2.45, 2.75) is 58.0 Å². The SMILES string of the molecule is CC(C)c1cc(CN)cc(N(CC2CC2)C2CC2)n1. The number of hydrogen-bond acceptors (Lipinski definition) is 3. The minimum absolute atomic E-state index is 0.465. The maximum absolute atomic E-state index is 5.85. The molecule has 3 heteroatoms. The van der Waals surface area contributed by atoms with E-state index >= 15 is 0 Å². The van der Waals surface area contributed by atoms with E-state index in [1.807, 2.05) is 0 Å². The fourth-order valence-corrected chi connectivity index (χ4v) is 2.55. The second-order valence-corrected chi connectivity index (χ2v) is 6.44.